The number of ether oxygens (including phenoxy) is 6. The molecule has 444 valence electrons. The summed E-state index contributed by atoms with van der Waals surface area (Å²) in [5.74, 6) is -0.0741. The summed E-state index contributed by atoms with van der Waals surface area (Å²) in [4.78, 5) is 62.0. The summed E-state index contributed by atoms with van der Waals surface area (Å²) in [6.07, 6.45) is -8.52. The van der Waals surface area contributed by atoms with Crippen molar-refractivity contribution in [1.29, 1.82) is 0 Å². The molecule has 10 rings (SSSR count). The van der Waals surface area contributed by atoms with Gasteiger partial charge in [-0.05, 0) is 86.1 Å². The van der Waals surface area contributed by atoms with E-state index in [1.807, 2.05) is 51.0 Å². The van der Waals surface area contributed by atoms with Crippen molar-refractivity contribution in [3.8, 4) is 11.5 Å². The fourth-order valence-corrected chi connectivity index (χ4v) is 8.11. The largest absolute Gasteiger partial charge is 0.573 e. The van der Waals surface area contributed by atoms with Crippen LogP contribution in [0.4, 0.5) is 56.2 Å². The van der Waals surface area contributed by atoms with E-state index in [2.05, 4.69) is 50.3 Å². The zero-order valence-corrected chi connectivity index (χ0v) is 45.4. The Morgan fingerprint density at radius 3 is 1.56 bits per heavy atom. The number of carbonyl (C=O) groups is 2. The van der Waals surface area contributed by atoms with Crippen LogP contribution in [0.3, 0.4) is 0 Å². The van der Waals surface area contributed by atoms with Gasteiger partial charge in [0.05, 0.1) is 65.1 Å². The topological polar surface area (TPSA) is 291 Å². The first-order chi connectivity index (χ1) is 40.3. The second kappa shape index (κ2) is 28.3. The molecule has 0 atom stereocenters. The Hall–Kier alpha value is -9.77. The molecule has 0 unspecified atom stereocenters. The molecule has 0 saturated heterocycles. The fourth-order valence-electron chi connectivity index (χ4n) is 8.11. The van der Waals surface area contributed by atoms with Crippen LogP contribution in [0.5, 0.6) is 11.5 Å². The maximum atomic E-state index is 12.5. The number of anilines is 5. The number of aromatic nitrogens is 8. The van der Waals surface area contributed by atoms with Crippen molar-refractivity contribution >= 4 is 103 Å². The lowest BCUT2D eigenvalue weighted by atomic mass is 10.2. The number of alkyl halides is 6. The number of hydrogen-bond acceptors (Lipinski definition) is 20. The number of benzene rings is 5. The number of amides is 1. The second-order valence-electron chi connectivity index (χ2n) is 17.4. The van der Waals surface area contributed by atoms with E-state index in [0.29, 0.717) is 104 Å². The highest BCUT2D eigenvalue weighted by molar-refractivity contribution is 5.98. The normalized spacial score (nSPS) is 11.3. The van der Waals surface area contributed by atoms with Gasteiger partial charge in [-0.25, -0.2) is 19.7 Å². The number of carbonyl (C=O) groups excluding carboxylic acids is 4. The lowest BCUT2D eigenvalue weighted by Crippen LogP contribution is -2.23. The maximum absolute atomic E-state index is 12.5. The third-order valence-electron chi connectivity index (χ3n) is 11.7. The van der Waals surface area contributed by atoms with Crippen molar-refractivity contribution in [2.45, 2.75) is 52.6 Å². The molecule has 0 spiro atoms. The summed E-state index contributed by atoms with van der Waals surface area (Å²) in [7, 11) is 4.81. The van der Waals surface area contributed by atoms with E-state index >= 15 is 0 Å². The van der Waals surface area contributed by atoms with Crippen LogP contribution in [0.2, 0.25) is 0 Å². The number of nitrogens with one attached hydrogen (secondary N) is 3. The number of rotatable bonds is 20. The van der Waals surface area contributed by atoms with Gasteiger partial charge in [0.25, 0.3) is 5.91 Å². The summed E-state index contributed by atoms with van der Waals surface area (Å²) in [6.45, 7) is 7.69. The third kappa shape index (κ3) is 16.2. The van der Waals surface area contributed by atoms with Crippen LogP contribution in [0.25, 0.3) is 55.3 Å². The van der Waals surface area contributed by atoms with Gasteiger partial charge in [-0.3, -0.25) is 15.4 Å². The highest BCUT2D eigenvalue weighted by Gasteiger charge is 2.32. The van der Waals surface area contributed by atoms with Gasteiger partial charge in [0.1, 0.15) is 22.5 Å². The van der Waals surface area contributed by atoms with Crippen LogP contribution < -0.4 is 31.2 Å². The molecule has 10 aromatic rings. The summed E-state index contributed by atoms with van der Waals surface area (Å²) in [5, 5.41) is 8.78. The van der Waals surface area contributed by atoms with Gasteiger partial charge in [0, 0.05) is 65.2 Å². The predicted molar refractivity (Wildman–Crippen MR) is 291 cm³/mol. The van der Waals surface area contributed by atoms with Crippen molar-refractivity contribution in [3.05, 3.63) is 108 Å². The number of nitrogens with two attached hydrogens (primary N) is 1. The lowest BCUT2D eigenvalue weighted by molar-refractivity contribution is -0.275. The van der Waals surface area contributed by atoms with Gasteiger partial charge in [-0.1, -0.05) is 19.1 Å². The maximum Gasteiger partial charge on any atom is 0.573 e. The SMILES string of the molecule is CCCNC(=O)c1ccc2c(c1)nc(Nc1nc3ccc(OC(F)(F)F)cc3o1)n2CCOC.CCOC(=O)c1ccc2c(c1)nc(N)n2CCOC.COCCn1c(Nc2nc3ccc(OC(F)(F)F)cc3o2)nc2ccccc21.O=C=O. The lowest BCUT2D eigenvalue weighted by Gasteiger charge is -2.08. The molecule has 0 aliphatic carbocycles. The van der Waals surface area contributed by atoms with E-state index in [9.17, 15) is 35.9 Å². The van der Waals surface area contributed by atoms with Crippen molar-refractivity contribution in [3.63, 3.8) is 0 Å². The van der Waals surface area contributed by atoms with E-state index in [4.69, 9.17) is 43.1 Å². The molecular weight excluding hydrogens is 1120 g/mol. The Kier molecular flexibility index (Phi) is 20.8. The minimum atomic E-state index is -4.81. The number of halogens is 6. The highest BCUT2D eigenvalue weighted by Crippen LogP contribution is 2.32. The molecule has 1 amide bonds. The van der Waals surface area contributed by atoms with Crippen molar-refractivity contribution in [2.24, 2.45) is 0 Å². The van der Waals surface area contributed by atoms with Gasteiger partial charge >= 0.3 is 36.9 Å². The molecule has 5 N–H and O–H groups in total. The number of nitrogens with zero attached hydrogens (tertiary/aromatic N) is 8. The molecule has 0 aliphatic rings. The molecule has 0 fully saturated rings. The number of para-hydroxylation sites is 2. The zero-order valence-electron chi connectivity index (χ0n) is 45.4. The van der Waals surface area contributed by atoms with Gasteiger partial charge in [0.15, 0.2) is 11.2 Å². The van der Waals surface area contributed by atoms with Crippen LogP contribution >= 0.6 is 0 Å². The molecular formula is C54H54F6N12O12. The van der Waals surface area contributed by atoms with Gasteiger partial charge in [-0.2, -0.15) is 19.6 Å². The van der Waals surface area contributed by atoms with E-state index in [0.717, 1.165) is 46.7 Å². The van der Waals surface area contributed by atoms with E-state index in [-0.39, 0.29) is 47.0 Å². The minimum Gasteiger partial charge on any atom is -0.462 e. The molecule has 84 heavy (non-hydrogen) atoms. The number of oxazole rings is 2. The first kappa shape index (κ1) is 61.8. The Morgan fingerprint density at radius 2 is 1.05 bits per heavy atom. The molecule has 24 nitrogen and oxygen atoms in total. The predicted octanol–water partition coefficient (Wildman–Crippen LogP) is 9.93. The van der Waals surface area contributed by atoms with Crippen molar-refractivity contribution < 1.29 is 82.8 Å². The summed E-state index contributed by atoms with van der Waals surface area (Å²) < 4.78 is 119. The van der Waals surface area contributed by atoms with Gasteiger partial charge in [-0.15, -0.1) is 26.3 Å². The Balaban J connectivity index is 0.000000183. The fraction of sp³-hybridized carbons (Fsp3) is 0.296. The molecule has 0 saturated carbocycles. The molecule has 30 heteroatoms. The van der Waals surface area contributed by atoms with E-state index in [1.54, 1.807) is 58.6 Å². The quantitative estimate of drug-likeness (QED) is 0.0407. The molecule has 0 aliphatic heterocycles. The Morgan fingerprint density at radius 1 is 0.583 bits per heavy atom. The highest BCUT2D eigenvalue weighted by atomic mass is 19.4. The molecule has 5 heterocycles. The van der Waals surface area contributed by atoms with Gasteiger partial charge < -0.3 is 62.0 Å². The van der Waals surface area contributed by atoms with Crippen molar-refractivity contribution in [2.75, 3.05) is 70.7 Å². The summed E-state index contributed by atoms with van der Waals surface area (Å²) >= 11 is 0. The first-order valence-corrected chi connectivity index (χ1v) is 25.3. The number of fused-ring (bicyclic) bond motifs is 5. The minimum absolute atomic E-state index is 0.0362. The average Bonchev–Trinajstić information content (AvgIpc) is 3.08. The number of hydrogen-bond donors (Lipinski definition) is 4. The number of nitrogen functional groups attached to an aromatic ring is 1. The summed E-state index contributed by atoms with van der Waals surface area (Å²) in [6, 6.07) is 25.4. The van der Waals surface area contributed by atoms with Gasteiger partial charge in [0.2, 0.25) is 17.8 Å². The van der Waals surface area contributed by atoms with E-state index in [1.165, 1.54) is 18.2 Å². The van der Waals surface area contributed by atoms with Crippen LogP contribution in [-0.2, 0) is 48.2 Å². The number of methoxy groups -OCH3 is 3. The van der Waals surface area contributed by atoms with Crippen LogP contribution in [0.15, 0.2) is 106 Å². The Labute approximate surface area is 471 Å². The monoisotopic (exact) mass is 1180 g/mol. The molecule has 5 aromatic heterocycles. The molecule has 5 aromatic carbocycles. The summed E-state index contributed by atoms with van der Waals surface area (Å²) in [5.41, 5.74) is 12.4. The number of esters is 1. The Bertz CT molecular complexity index is 3890. The van der Waals surface area contributed by atoms with E-state index < -0.39 is 18.5 Å². The third-order valence-corrected chi connectivity index (χ3v) is 11.7. The van der Waals surface area contributed by atoms with Crippen LogP contribution in [0, 0.1) is 0 Å². The van der Waals surface area contributed by atoms with Crippen molar-refractivity contribution in [1.82, 2.24) is 43.9 Å². The smallest absolute Gasteiger partial charge is 0.462 e. The average molecular weight is 1180 g/mol. The number of imidazole rings is 3. The molecule has 0 bridgehead atoms. The molecule has 0 radical (unpaired) electrons. The second-order valence-corrected chi connectivity index (χ2v) is 17.4. The zero-order chi connectivity index (χ0) is 60.6. The first-order valence-electron chi connectivity index (χ1n) is 25.3. The standard InChI is InChI=1S/C22H22F3N5O4.C18H15F3N4O3.C13H17N3O3.CO2/c1-3-8-26-19(31)13-4-7-17-16(11-13)27-20(30(17)9-10-32-2)29-21-28-15-6-5-14(12-18(15)33-21)34-22(23,24)25;1-26-9-8-25-14-5-3-2-4-12(14)22-16(25)24-17-23-13-7-6-11(10-15(13)27-17)28-18(19,20)21;1-3-19-12(17)9-4-5-11-10(8-9)15-13(14)16(11)6-7-18-2;2-1-3/h4-7,11-12H,3,8-10H2,1-2H3,(H,26,31)(H,27,28,29);2-7,10H,8-9H2,1H3,(H,22,23,24);4-5,8H,3,6-7H2,1-2H3,(H2,14,15);. The van der Waals surface area contributed by atoms with Crippen LogP contribution in [0.1, 0.15) is 41.0 Å². The van der Waals surface area contributed by atoms with Crippen LogP contribution in [-0.4, -0.2) is 124 Å².